The summed E-state index contributed by atoms with van der Waals surface area (Å²) in [5, 5.41) is 0. The molecule has 0 saturated carbocycles. The predicted octanol–water partition coefficient (Wildman–Crippen LogP) is 2.56. The SMILES string of the molecule is COc1cccc(C(C)C(=O)N2CCCCC2CN)c1.Cl. The van der Waals surface area contributed by atoms with E-state index >= 15 is 0 Å². The highest BCUT2D eigenvalue weighted by molar-refractivity contribution is 5.85. The van der Waals surface area contributed by atoms with Gasteiger partial charge in [-0.15, -0.1) is 12.4 Å². The third kappa shape index (κ3) is 4.11. The fourth-order valence-corrected chi connectivity index (χ4v) is 2.84. The number of benzene rings is 1. The van der Waals surface area contributed by atoms with E-state index in [-0.39, 0.29) is 30.3 Å². The number of carbonyl (C=O) groups is 1. The Kier molecular flexibility index (Phi) is 6.99. The second-order valence-electron chi connectivity index (χ2n) is 5.42. The highest BCUT2D eigenvalue weighted by Gasteiger charge is 2.29. The fourth-order valence-electron chi connectivity index (χ4n) is 2.84. The minimum absolute atomic E-state index is 0. The molecule has 4 nitrogen and oxygen atoms in total. The summed E-state index contributed by atoms with van der Waals surface area (Å²) in [7, 11) is 1.64. The van der Waals surface area contributed by atoms with E-state index in [1.54, 1.807) is 7.11 Å². The maximum atomic E-state index is 12.7. The van der Waals surface area contributed by atoms with E-state index < -0.39 is 0 Å². The maximum absolute atomic E-state index is 12.7. The number of rotatable bonds is 4. The van der Waals surface area contributed by atoms with Crippen molar-refractivity contribution in [2.45, 2.75) is 38.1 Å². The predicted molar refractivity (Wildman–Crippen MR) is 87.1 cm³/mol. The van der Waals surface area contributed by atoms with Crippen LogP contribution in [-0.4, -0.2) is 37.0 Å². The van der Waals surface area contributed by atoms with Gasteiger partial charge >= 0.3 is 0 Å². The third-order valence-corrected chi connectivity index (χ3v) is 4.15. The average Bonchev–Trinajstić information content (AvgIpc) is 2.53. The number of likely N-dealkylation sites (tertiary alicyclic amines) is 1. The zero-order valence-electron chi connectivity index (χ0n) is 12.7. The van der Waals surface area contributed by atoms with Crippen molar-refractivity contribution in [2.24, 2.45) is 5.73 Å². The summed E-state index contributed by atoms with van der Waals surface area (Å²) in [5.41, 5.74) is 6.80. The van der Waals surface area contributed by atoms with Gasteiger partial charge in [0.2, 0.25) is 5.91 Å². The van der Waals surface area contributed by atoms with Gasteiger partial charge in [0, 0.05) is 19.1 Å². The van der Waals surface area contributed by atoms with Gasteiger partial charge in [-0.3, -0.25) is 4.79 Å². The molecule has 1 fully saturated rings. The Morgan fingerprint density at radius 1 is 1.48 bits per heavy atom. The van der Waals surface area contributed by atoms with Crippen LogP contribution in [0.3, 0.4) is 0 Å². The summed E-state index contributed by atoms with van der Waals surface area (Å²) in [6, 6.07) is 7.93. The molecule has 2 N–H and O–H groups in total. The molecule has 1 aromatic rings. The molecule has 2 rings (SSSR count). The van der Waals surface area contributed by atoms with Crippen molar-refractivity contribution in [3.63, 3.8) is 0 Å². The summed E-state index contributed by atoms with van der Waals surface area (Å²) in [4.78, 5) is 14.7. The normalized spacial score (nSPS) is 19.6. The first kappa shape index (κ1) is 17.8. The van der Waals surface area contributed by atoms with Gasteiger partial charge in [-0.25, -0.2) is 0 Å². The number of carbonyl (C=O) groups excluding carboxylic acids is 1. The van der Waals surface area contributed by atoms with Gasteiger partial charge in [-0.05, 0) is 43.9 Å². The molecule has 0 aliphatic carbocycles. The molecule has 118 valence electrons. The van der Waals surface area contributed by atoms with Crippen LogP contribution < -0.4 is 10.5 Å². The Morgan fingerprint density at radius 3 is 2.90 bits per heavy atom. The molecule has 0 aromatic heterocycles. The molecule has 21 heavy (non-hydrogen) atoms. The van der Waals surface area contributed by atoms with Crippen LogP contribution in [0.5, 0.6) is 5.75 Å². The van der Waals surface area contributed by atoms with Gasteiger partial charge in [-0.1, -0.05) is 12.1 Å². The zero-order valence-corrected chi connectivity index (χ0v) is 13.6. The Balaban J connectivity index is 0.00000220. The van der Waals surface area contributed by atoms with E-state index in [4.69, 9.17) is 10.5 Å². The number of nitrogens with two attached hydrogens (primary N) is 1. The summed E-state index contributed by atoms with van der Waals surface area (Å²) >= 11 is 0. The second-order valence-corrected chi connectivity index (χ2v) is 5.42. The molecule has 1 heterocycles. The van der Waals surface area contributed by atoms with Crippen molar-refractivity contribution in [1.29, 1.82) is 0 Å². The second kappa shape index (κ2) is 8.25. The standard InChI is InChI=1S/C16H24N2O2.ClH/c1-12(13-6-5-8-15(10-13)20-2)16(19)18-9-4-3-7-14(18)11-17;/h5-6,8,10,12,14H,3-4,7,9,11,17H2,1-2H3;1H. The Labute approximate surface area is 133 Å². The molecule has 0 radical (unpaired) electrons. The van der Waals surface area contributed by atoms with Crippen molar-refractivity contribution in [1.82, 2.24) is 4.90 Å². The number of methoxy groups -OCH3 is 1. The van der Waals surface area contributed by atoms with E-state index in [2.05, 4.69) is 0 Å². The lowest BCUT2D eigenvalue weighted by Gasteiger charge is -2.36. The van der Waals surface area contributed by atoms with Gasteiger partial charge in [0.05, 0.1) is 13.0 Å². The lowest BCUT2D eigenvalue weighted by atomic mass is 9.95. The molecule has 1 aliphatic rings. The van der Waals surface area contributed by atoms with Crippen LogP contribution in [-0.2, 0) is 4.79 Å². The molecule has 0 spiro atoms. The lowest BCUT2D eigenvalue weighted by Crippen LogP contribution is -2.48. The van der Waals surface area contributed by atoms with Crippen LogP contribution in [0.2, 0.25) is 0 Å². The van der Waals surface area contributed by atoms with Crippen LogP contribution in [0.1, 0.15) is 37.7 Å². The first-order chi connectivity index (χ1) is 9.67. The van der Waals surface area contributed by atoms with Crippen molar-refractivity contribution in [3.8, 4) is 5.75 Å². The maximum Gasteiger partial charge on any atom is 0.230 e. The highest BCUT2D eigenvalue weighted by Crippen LogP contribution is 2.25. The minimum atomic E-state index is -0.155. The molecular weight excluding hydrogens is 288 g/mol. The quantitative estimate of drug-likeness (QED) is 0.929. The average molecular weight is 313 g/mol. The van der Waals surface area contributed by atoms with Gasteiger partial charge in [0.1, 0.15) is 5.75 Å². The van der Waals surface area contributed by atoms with Gasteiger partial charge < -0.3 is 15.4 Å². The molecule has 1 aliphatic heterocycles. The van der Waals surface area contributed by atoms with Gasteiger partial charge in [0.25, 0.3) is 0 Å². The number of hydrogen-bond donors (Lipinski definition) is 1. The van der Waals surface area contributed by atoms with Crippen LogP contribution in [0.25, 0.3) is 0 Å². The van der Waals surface area contributed by atoms with Crippen molar-refractivity contribution in [2.75, 3.05) is 20.2 Å². The van der Waals surface area contributed by atoms with E-state index in [1.807, 2.05) is 36.1 Å². The van der Waals surface area contributed by atoms with Crippen molar-refractivity contribution >= 4 is 18.3 Å². The highest BCUT2D eigenvalue weighted by atomic mass is 35.5. The first-order valence-corrected chi connectivity index (χ1v) is 7.32. The molecule has 2 unspecified atom stereocenters. The largest absolute Gasteiger partial charge is 0.497 e. The molecule has 1 amide bonds. The smallest absolute Gasteiger partial charge is 0.230 e. The Hall–Kier alpha value is -1.26. The monoisotopic (exact) mass is 312 g/mol. The Morgan fingerprint density at radius 2 is 2.24 bits per heavy atom. The summed E-state index contributed by atoms with van der Waals surface area (Å²) in [6.45, 7) is 3.34. The van der Waals surface area contributed by atoms with Gasteiger partial charge in [0.15, 0.2) is 0 Å². The molecule has 1 saturated heterocycles. The van der Waals surface area contributed by atoms with E-state index in [0.717, 1.165) is 30.7 Å². The van der Waals surface area contributed by atoms with Crippen LogP contribution in [0.4, 0.5) is 0 Å². The number of hydrogen-bond acceptors (Lipinski definition) is 3. The van der Waals surface area contributed by atoms with E-state index in [1.165, 1.54) is 6.42 Å². The number of ether oxygens (including phenoxy) is 1. The fraction of sp³-hybridized carbons (Fsp3) is 0.562. The zero-order chi connectivity index (χ0) is 14.5. The van der Waals surface area contributed by atoms with Crippen LogP contribution in [0.15, 0.2) is 24.3 Å². The van der Waals surface area contributed by atoms with E-state index in [9.17, 15) is 4.79 Å². The summed E-state index contributed by atoms with van der Waals surface area (Å²) in [5.74, 6) is 0.807. The minimum Gasteiger partial charge on any atom is -0.497 e. The summed E-state index contributed by atoms with van der Waals surface area (Å²) < 4.78 is 5.23. The van der Waals surface area contributed by atoms with Crippen LogP contribution in [0, 0.1) is 0 Å². The number of piperidine rings is 1. The lowest BCUT2D eigenvalue weighted by molar-refractivity contribution is -0.135. The molecule has 2 atom stereocenters. The van der Waals surface area contributed by atoms with Crippen molar-refractivity contribution in [3.05, 3.63) is 29.8 Å². The topological polar surface area (TPSA) is 55.6 Å². The molecule has 1 aromatic carbocycles. The van der Waals surface area contributed by atoms with Gasteiger partial charge in [-0.2, -0.15) is 0 Å². The first-order valence-electron chi connectivity index (χ1n) is 7.32. The number of amides is 1. The third-order valence-electron chi connectivity index (χ3n) is 4.15. The molecule has 0 bridgehead atoms. The summed E-state index contributed by atoms with van der Waals surface area (Å²) in [6.07, 6.45) is 3.26. The number of nitrogens with zero attached hydrogens (tertiary/aromatic N) is 1. The molecular formula is C16H25ClN2O2. The van der Waals surface area contributed by atoms with Crippen molar-refractivity contribution < 1.29 is 9.53 Å². The molecule has 5 heteroatoms. The Bertz CT molecular complexity index is 467. The van der Waals surface area contributed by atoms with E-state index in [0.29, 0.717) is 6.54 Å². The number of halogens is 1. The van der Waals surface area contributed by atoms with Crippen LogP contribution >= 0.6 is 12.4 Å².